The Balaban J connectivity index is 1.80. The first-order valence-corrected chi connectivity index (χ1v) is 6.07. The van der Waals surface area contributed by atoms with Gasteiger partial charge in [0.1, 0.15) is 0 Å². The molecule has 0 aromatic carbocycles. The van der Waals surface area contributed by atoms with Crippen molar-refractivity contribution in [1.29, 1.82) is 0 Å². The molecule has 2 unspecified atom stereocenters. The van der Waals surface area contributed by atoms with E-state index in [4.69, 9.17) is 10.5 Å². The molecule has 0 bridgehead atoms. The van der Waals surface area contributed by atoms with Gasteiger partial charge in [0.25, 0.3) is 0 Å². The molecule has 2 rings (SSSR count). The lowest BCUT2D eigenvalue weighted by Gasteiger charge is -2.32. The molecule has 0 spiro atoms. The van der Waals surface area contributed by atoms with Crippen molar-refractivity contribution in [3.05, 3.63) is 0 Å². The van der Waals surface area contributed by atoms with E-state index in [1.54, 1.807) is 0 Å². The van der Waals surface area contributed by atoms with Crippen molar-refractivity contribution in [2.75, 3.05) is 45.9 Å². The van der Waals surface area contributed by atoms with E-state index in [1.165, 1.54) is 19.5 Å². The van der Waals surface area contributed by atoms with Gasteiger partial charge in [-0.1, -0.05) is 0 Å². The standard InChI is InChI=1S/C11H23N3O/c1-10(8-12)14-3-2-11(9-14)13-4-6-15-7-5-13/h10-11H,2-9,12H2,1H3. The smallest absolute Gasteiger partial charge is 0.0594 e. The van der Waals surface area contributed by atoms with E-state index in [2.05, 4.69) is 16.7 Å². The number of hydrogen-bond acceptors (Lipinski definition) is 4. The fourth-order valence-corrected chi connectivity index (χ4v) is 2.56. The van der Waals surface area contributed by atoms with Gasteiger partial charge in [0.2, 0.25) is 0 Å². The maximum Gasteiger partial charge on any atom is 0.0594 e. The van der Waals surface area contributed by atoms with Gasteiger partial charge in [-0.05, 0) is 13.3 Å². The Kier molecular flexibility index (Phi) is 3.97. The molecule has 15 heavy (non-hydrogen) atoms. The Bertz CT molecular complexity index is 194. The lowest BCUT2D eigenvalue weighted by Crippen LogP contribution is -2.46. The summed E-state index contributed by atoms with van der Waals surface area (Å²) in [6, 6.07) is 1.28. The number of hydrogen-bond donors (Lipinski definition) is 1. The highest BCUT2D eigenvalue weighted by molar-refractivity contribution is 4.86. The van der Waals surface area contributed by atoms with Crippen molar-refractivity contribution in [3.63, 3.8) is 0 Å². The molecule has 2 atom stereocenters. The Morgan fingerprint density at radius 3 is 2.73 bits per heavy atom. The van der Waals surface area contributed by atoms with Crippen molar-refractivity contribution in [1.82, 2.24) is 9.80 Å². The average Bonchev–Trinajstić information content (AvgIpc) is 2.78. The summed E-state index contributed by atoms with van der Waals surface area (Å²) in [5, 5.41) is 0. The number of nitrogens with two attached hydrogens (primary N) is 1. The van der Waals surface area contributed by atoms with Crippen LogP contribution < -0.4 is 5.73 Å². The normalized spacial score (nSPS) is 32.0. The van der Waals surface area contributed by atoms with Gasteiger partial charge >= 0.3 is 0 Å². The Morgan fingerprint density at radius 1 is 1.33 bits per heavy atom. The third kappa shape index (κ3) is 2.69. The van der Waals surface area contributed by atoms with E-state index >= 15 is 0 Å². The molecule has 88 valence electrons. The summed E-state index contributed by atoms with van der Waals surface area (Å²) < 4.78 is 5.38. The zero-order chi connectivity index (χ0) is 10.7. The quantitative estimate of drug-likeness (QED) is 0.701. The minimum atomic E-state index is 0.538. The molecule has 0 radical (unpaired) electrons. The molecule has 2 N–H and O–H groups in total. The Morgan fingerprint density at radius 2 is 2.07 bits per heavy atom. The summed E-state index contributed by atoms with van der Waals surface area (Å²) in [6.45, 7) is 9.42. The van der Waals surface area contributed by atoms with Crippen LogP contribution in [0.5, 0.6) is 0 Å². The van der Waals surface area contributed by atoms with Crippen LogP contribution in [0.3, 0.4) is 0 Å². The SMILES string of the molecule is CC(CN)N1CCC(N2CCOCC2)C1. The average molecular weight is 213 g/mol. The second-order valence-electron chi connectivity index (χ2n) is 4.67. The highest BCUT2D eigenvalue weighted by Gasteiger charge is 2.30. The summed E-state index contributed by atoms with van der Waals surface area (Å²) in [6.07, 6.45) is 1.30. The van der Waals surface area contributed by atoms with Crippen LogP contribution in [0, 0.1) is 0 Å². The monoisotopic (exact) mass is 213 g/mol. The minimum absolute atomic E-state index is 0.538. The summed E-state index contributed by atoms with van der Waals surface area (Å²) in [5.74, 6) is 0. The summed E-state index contributed by atoms with van der Waals surface area (Å²) in [7, 11) is 0. The molecular formula is C11H23N3O. The molecule has 0 amide bonds. The van der Waals surface area contributed by atoms with Gasteiger partial charge in [0.15, 0.2) is 0 Å². The van der Waals surface area contributed by atoms with E-state index in [0.29, 0.717) is 6.04 Å². The van der Waals surface area contributed by atoms with Gasteiger partial charge in [-0.2, -0.15) is 0 Å². The maximum atomic E-state index is 5.70. The predicted octanol–water partition coefficient (Wildman–Crippen LogP) is -0.260. The van der Waals surface area contributed by atoms with E-state index in [9.17, 15) is 0 Å². The Hall–Kier alpha value is -0.160. The summed E-state index contributed by atoms with van der Waals surface area (Å²) in [4.78, 5) is 5.09. The first-order valence-electron chi connectivity index (χ1n) is 6.07. The molecule has 2 fully saturated rings. The van der Waals surface area contributed by atoms with Crippen LogP contribution in [0.25, 0.3) is 0 Å². The van der Waals surface area contributed by atoms with Crippen LogP contribution in [0.15, 0.2) is 0 Å². The second kappa shape index (κ2) is 5.25. The highest BCUT2D eigenvalue weighted by atomic mass is 16.5. The van der Waals surface area contributed by atoms with Gasteiger partial charge in [-0.3, -0.25) is 9.80 Å². The third-order valence-electron chi connectivity index (χ3n) is 3.72. The number of morpholine rings is 1. The first-order chi connectivity index (χ1) is 7.31. The fraction of sp³-hybridized carbons (Fsp3) is 1.00. The number of ether oxygens (including phenoxy) is 1. The van der Waals surface area contributed by atoms with E-state index < -0.39 is 0 Å². The molecular weight excluding hydrogens is 190 g/mol. The predicted molar refractivity (Wildman–Crippen MR) is 60.9 cm³/mol. The van der Waals surface area contributed by atoms with Crippen LogP contribution in [0.4, 0.5) is 0 Å². The molecule has 0 aromatic rings. The zero-order valence-corrected chi connectivity index (χ0v) is 9.69. The van der Waals surface area contributed by atoms with Gasteiger partial charge in [0.05, 0.1) is 13.2 Å². The summed E-state index contributed by atoms with van der Waals surface area (Å²) in [5.41, 5.74) is 5.70. The second-order valence-corrected chi connectivity index (χ2v) is 4.67. The minimum Gasteiger partial charge on any atom is -0.379 e. The van der Waals surface area contributed by atoms with Crippen LogP contribution in [-0.2, 0) is 4.74 Å². The largest absolute Gasteiger partial charge is 0.379 e. The van der Waals surface area contributed by atoms with Gasteiger partial charge < -0.3 is 10.5 Å². The molecule has 2 heterocycles. The van der Waals surface area contributed by atoms with Crippen molar-refractivity contribution >= 4 is 0 Å². The summed E-state index contributed by atoms with van der Waals surface area (Å²) >= 11 is 0. The molecule has 0 aliphatic carbocycles. The first kappa shape index (κ1) is 11.3. The van der Waals surface area contributed by atoms with Crippen LogP contribution in [-0.4, -0.2) is 67.8 Å². The molecule has 2 aliphatic heterocycles. The lowest BCUT2D eigenvalue weighted by molar-refractivity contribution is 0.0178. The van der Waals surface area contributed by atoms with Gasteiger partial charge in [-0.15, -0.1) is 0 Å². The van der Waals surface area contributed by atoms with Crippen molar-refractivity contribution in [2.45, 2.75) is 25.4 Å². The molecule has 2 aliphatic rings. The molecule has 0 saturated carbocycles. The van der Waals surface area contributed by atoms with E-state index in [-0.39, 0.29) is 0 Å². The molecule has 0 aromatic heterocycles. The van der Waals surface area contributed by atoms with Crippen LogP contribution in [0.2, 0.25) is 0 Å². The third-order valence-corrected chi connectivity index (χ3v) is 3.72. The molecule has 2 saturated heterocycles. The van der Waals surface area contributed by atoms with Crippen molar-refractivity contribution in [3.8, 4) is 0 Å². The number of nitrogens with zero attached hydrogens (tertiary/aromatic N) is 2. The van der Waals surface area contributed by atoms with Crippen LogP contribution in [0.1, 0.15) is 13.3 Å². The molecule has 4 heteroatoms. The number of rotatable bonds is 3. The lowest BCUT2D eigenvalue weighted by atomic mass is 10.2. The molecule has 4 nitrogen and oxygen atoms in total. The van der Waals surface area contributed by atoms with E-state index in [0.717, 1.165) is 38.9 Å². The zero-order valence-electron chi connectivity index (χ0n) is 9.69. The Labute approximate surface area is 92.4 Å². The highest BCUT2D eigenvalue weighted by Crippen LogP contribution is 2.18. The van der Waals surface area contributed by atoms with Crippen molar-refractivity contribution in [2.24, 2.45) is 5.73 Å². The van der Waals surface area contributed by atoms with Gasteiger partial charge in [-0.25, -0.2) is 0 Å². The topological polar surface area (TPSA) is 41.7 Å². The fourth-order valence-electron chi connectivity index (χ4n) is 2.56. The van der Waals surface area contributed by atoms with Crippen LogP contribution >= 0.6 is 0 Å². The number of likely N-dealkylation sites (tertiary alicyclic amines) is 1. The van der Waals surface area contributed by atoms with Crippen molar-refractivity contribution < 1.29 is 4.74 Å². The maximum absolute atomic E-state index is 5.70. The van der Waals surface area contributed by atoms with Gasteiger partial charge in [0, 0.05) is 44.8 Å². The van der Waals surface area contributed by atoms with E-state index in [1.807, 2.05) is 0 Å².